The number of ether oxygens (including phenoxy) is 1. The fourth-order valence-corrected chi connectivity index (χ4v) is 10.0. The molecule has 3 aromatic rings. The van der Waals surface area contributed by atoms with Crippen molar-refractivity contribution in [2.75, 3.05) is 55.6 Å². The quantitative estimate of drug-likeness (QED) is 0.297. The van der Waals surface area contributed by atoms with Crippen LogP contribution in [0.1, 0.15) is 94.6 Å². The minimum atomic E-state index is -0.970. The molecule has 1 spiro atoms. The van der Waals surface area contributed by atoms with Gasteiger partial charge in [0.1, 0.15) is 29.4 Å². The van der Waals surface area contributed by atoms with Crippen LogP contribution in [0.15, 0.2) is 48.8 Å². The summed E-state index contributed by atoms with van der Waals surface area (Å²) in [5.41, 5.74) is 2.45. The number of rotatable bonds is 9. The second-order valence-corrected chi connectivity index (χ2v) is 17.4. The van der Waals surface area contributed by atoms with Crippen molar-refractivity contribution in [1.82, 2.24) is 30.4 Å². The first-order valence-electron chi connectivity index (χ1n) is 20.6. The summed E-state index contributed by atoms with van der Waals surface area (Å²) in [4.78, 5) is 80.8. The maximum Gasteiger partial charge on any atom is 0.271 e. The SMILES string of the molecule is N#Cc1ccc(OC2CCC(NC(=O)c3cnc(N4CCC(CN5CCC6(C5)CN(c5ccc7c(c5)C(=O)N(C5CCC(=O)NC5=O)C7=O)C6)CC4)cn3)CC2)cc1Cl. The van der Waals surface area contributed by atoms with E-state index in [1.165, 1.54) is 0 Å². The van der Waals surface area contributed by atoms with Gasteiger partial charge in [0.05, 0.1) is 40.2 Å². The second-order valence-electron chi connectivity index (χ2n) is 17.0. The molecule has 16 heteroatoms. The molecule has 1 atom stereocenters. The molecule has 9 rings (SSSR count). The van der Waals surface area contributed by atoms with Gasteiger partial charge in [0.2, 0.25) is 11.8 Å². The van der Waals surface area contributed by atoms with Crippen LogP contribution in [0.5, 0.6) is 5.75 Å². The molecule has 15 nitrogen and oxygen atoms in total. The molecule has 1 aromatic heterocycles. The second kappa shape index (κ2) is 15.9. The Balaban J connectivity index is 0.697. The molecule has 6 aliphatic rings. The Morgan fingerprint density at radius 2 is 1.68 bits per heavy atom. The lowest BCUT2D eigenvalue weighted by Gasteiger charge is -2.49. The predicted molar refractivity (Wildman–Crippen MR) is 216 cm³/mol. The molecule has 6 heterocycles. The van der Waals surface area contributed by atoms with E-state index >= 15 is 0 Å². The molecule has 4 saturated heterocycles. The third-order valence-corrected chi connectivity index (χ3v) is 13.4. The standard InChI is InChI=1S/C43H46ClN9O6/c44-34-18-31(5-1-27(34)19-45)59-30-6-2-28(3-7-30)48-39(55)35-20-47-37(21-46-35)51-14-11-26(12-15-51)22-50-16-13-43(23-50)24-52(25-43)29-4-8-32-33(17-29)42(58)53(41(32)57)36-9-10-38(54)49-40(36)56/h1,4-5,8,17-18,20-21,26,28,30,36H,2-3,6-7,9-16,22-25H2,(H,48,55)(H,49,54,56). The number of carbonyl (C=O) groups is 5. The number of benzene rings is 2. The first-order chi connectivity index (χ1) is 28.5. The van der Waals surface area contributed by atoms with Gasteiger partial charge in [-0.25, -0.2) is 9.97 Å². The highest BCUT2D eigenvalue weighted by Crippen LogP contribution is 2.43. The number of nitrogens with zero attached hydrogens (tertiary/aromatic N) is 7. The van der Waals surface area contributed by atoms with E-state index in [9.17, 15) is 24.0 Å². The van der Waals surface area contributed by atoms with E-state index < -0.39 is 29.7 Å². The lowest BCUT2D eigenvalue weighted by Crippen LogP contribution is -2.58. The average molecular weight is 820 g/mol. The topological polar surface area (TPSA) is 181 Å². The van der Waals surface area contributed by atoms with Gasteiger partial charge in [-0.2, -0.15) is 5.26 Å². The molecular weight excluding hydrogens is 774 g/mol. The summed E-state index contributed by atoms with van der Waals surface area (Å²) < 4.78 is 6.08. The summed E-state index contributed by atoms with van der Waals surface area (Å²) in [5.74, 6) is -0.161. The summed E-state index contributed by atoms with van der Waals surface area (Å²) in [6.45, 7) is 6.71. The van der Waals surface area contributed by atoms with Gasteiger partial charge in [-0.15, -0.1) is 0 Å². The Hall–Kier alpha value is -5.59. The van der Waals surface area contributed by atoms with E-state index in [0.717, 1.165) is 107 Å². The van der Waals surface area contributed by atoms with Crippen molar-refractivity contribution >= 4 is 52.6 Å². The fourth-order valence-electron chi connectivity index (χ4n) is 9.79. The van der Waals surface area contributed by atoms with E-state index in [1.807, 2.05) is 6.07 Å². The van der Waals surface area contributed by atoms with Crippen LogP contribution in [0.3, 0.4) is 0 Å². The van der Waals surface area contributed by atoms with Crippen LogP contribution >= 0.6 is 11.6 Å². The van der Waals surface area contributed by atoms with Crippen molar-refractivity contribution in [3.8, 4) is 11.8 Å². The number of anilines is 2. The number of piperidine rings is 2. The maximum absolute atomic E-state index is 13.3. The molecule has 306 valence electrons. The normalized spacial score (nSPS) is 24.5. The molecule has 0 bridgehead atoms. The number of hydrogen-bond donors (Lipinski definition) is 2. The smallest absolute Gasteiger partial charge is 0.271 e. The molecule has 5 amide bonds. The largest absolute Gasteiger partial charge is 0.490 e. The monoisotopic (exact) mass is 819 g/mol. The van der Waals surface area contributed by atoms with Crippen molar-refractivity contribution in [3.63, 3.8) is 0 Å². The Kier molecular flexibility index (Phi) is 10.5. The third kappa shape index (κ3) is 7.83. The van der Waals surface area contributed by atoms with Crippen molar-refractivity contribution in [2.24, 2.45) is 11.3 Å². The van der Waals surface area contributed by atoms with E-state index in [0.29, 0.717) is 39.1 Å². The van der Waals surface area contributed by atoms with E-state index in [4.69, 9.17) is 21.6 Å². The van der Waals surface area contributed by atoms with E-state index in [1.54, 1.807) is 42.7 Å². The molecule has 5 fully saturated rings. The Morgan fingerprint density at radius 1 is 0.898 bits per heavy atom. The molecule has 5 aliphatic heterocycles. The summed E-state index contributed by atoms with van der Waals surface area (Å²) in [5, 5.41) is 14.8. The van der Waals surface area contributed by atoms with E-state index in [-0.39, 0.29) is 36.3 Å². The van der Waals surface area contributed by atoms with Gasteiger partial charge in [-0.1, -0.05) is 11.6 Å². The molecule has 59 heavy (non-hydrogen) atoms. The van der Waals surface area contributed by atoms with Crippen LogP contribution in [0.2, 0.25) is 5.02 Å². The van der Waals surface area contributed by atoms with Crippen molar-refractivity contribution in [2.45, 2.75) is 76.0 Å². The lowest BCUT2D eigenvalue weighted by atomic mass is 9.78. The first kappa shape index (κ1) is 38.9. The lowest BCUT2D eigenvalue weighted by molar-refractivity contribution is -0.136. The summed E-state index contributed by atoms with van der Waals surface area (Å²) in [6.07, 6.45) is 9.93. The number of amides is 5. The highest BCUT2D eigenvalue weighted by molar-refractivity contribution is 6.31. The van der Waals surface area contributed by atoms with Gasteiger partial charge in [0, 0.05) is 68.9 Å². The third-order valence-electron chi connectivity index (χ3n) is 13.1. The zero-order valence-electron chi connectivity index (χ0n) is 32.7. The average Bonchev–Trinajstić information content (AvgIpc) is 3.76. The van der Waals surface area contributed by atoms with Crippen LogP contribution in [0.4, 0.5) is 11.5 Å². The summed E-state index contributed by atoms with van der Waals surface area (Å²) in [6, 6.07) is 11.6. The number of halogens is 1. The number of fused-ring (bicyclic) bond motifs is 1. The highest BCUT2D eigenvalue weighted by atomic mass is 35.5. The summed E-state index contributed by atoms with van der Waals surface area (Å²) in [7, 11) is 0. The van der Waals surface area contributed by atoms with E-state index in [2.05, 4.69) is 41.4 Å². The number of aromatic nitrogens is 2. The molecular formula is C43H46ClN9O6. The molecule has 1 unspecified atom stereocenters. The van der Waals surface area contributed by atoms with Crippen LogP contribution in [0, 0.1) is 22.7 Å². The van der Waals surface area contributed by atoms with Crippen LogP contribution in [-0.4, -0.2) is 113 Å². The fraction of sp³-hybridized carbons (Fsp3) is 0.488. The minimum Gasteiger partial charge on any atom is -0.490 e. The zero-order chi connectivity index (χ0) is 40.8. The minimum absolute atomic E-state index is 0.0217. The van der Waals surface area contributed by atoms with Crippen LogP contribution < -0.4 is 25.2 Å². The van der Waals surface area contributed by atoms with Gasteiger partial charge < -0.3 is 24.8 Å². The maximum atomic E-state index is 13.3. The van der Waals surface area contributed by atoms with Crippen molar-refractivity contribution < 1.29 is 28.7 Å². The van der Waals surface area contributed by atoms with Gasteiger partial charge in [-0.05, 0) is 94.2 Å². The van der Waals surface area contributed by atoms with Crippen LogP contribution in [-0.2, 0) is 9.59 Å². The Morgan fingerprint density at radius 3 is 2.39 bits per heavy atom. The number of hydrogen-bond acceptors (Lipinski definition) is 12. The number of nitriles is 1. The van der Waals surface area contributed by atoms with Gasteiger partial charge >= 0.3 is 0 Å². The van der Waals surface area contributed by atoms with Gasteiger partial charge in [0.15, 0.2) is 0 Å². The van der Waals surface area contributed by atoms with Crippen molar-refractivity contribution in [1.29, 1.82) is 5.26 Å². The summed E-state index contributed by atoms with van der Waals surface area (Å²) >= 11 is 6.15. The number of carbonyl (C=O) groups excluding carboxylic acids is 5. The Bertz CT molecular complexity index is 2220. The molecule has 1 aliphatic carbocycles. The van der Waals surface area contributed by atoms with Crippen LogP contribution in [0.25, 0.3) is 0 Å². The molecule has 2 N–H and O–H groups in total. The molecule has 0 radical (unpaired) electrons. The zero-order valence-corrected chi connectivity index (χ0v) is 33.5. The Labute approximate surface area is 347 Å². The van der Waals surface area contributed by atoms with Gasteiger partial charge in [-0.3, -0.25) is 34.2 Å². The van der Waals surface area contributed by atoms with Crippen molar-refractivity contribution in [3.05, 3.63) is 76.2 Å². The first-order valence-corrected chi connectivity index (χ1v) is 21.0. The molecule has 2 aromatic carbocycles. The molecule has 1 saturated carbocycles. The predicted octanol–water partition coefficient (Wildman–Crippen LogP) is 3.95. The van der Waals surface area contributed by atoms with Gasteiger partial charge in [0.25, 0.3) is 17.7 Å². The number of imide groups is 2. The number of likely N-dealkylation sites (tertiary alicyclic amines) is 1. The number of nitrogens with one attached hydrogen (secondary N) is 2. The highest BCUT2D eigenvalue weighted by Gasteiger charge is 2.49.